The lowest BCUT2D eigenvalue weighted by Gasteiger charge is -2.26. The van der Waals surface area contributed by atoms with E-state index in [4.69, 9.17) is 9.47 Å². The molecule has 0 aliphatic heterocycles. The summed E-state index contributed by atoms with van der Waals surface area (Å²) in [5, 5.41) is 19.7. The van der Waals surface area contributed by atoms with E-state index in [2.05, 4.69) is 0 Å². The van der Waals surface area contributed by atoms with E-state index in [1.165, 1.54) is 0 Å². The normalized spacial score (nSPS) is 15.5. The van der Waals surface area contributed by atoms with Crippen LogP contribution >= 0.6 is 0 Å². The van der Waals surface area contributed by atoms with Crippen molar-refractivity contribution in [2.45, 2.75) is 59.0 Å². The Hall–Kier alpha value is -0.200. The number of hydrogen-bond donors (Lipinski definition) is 2. The van der Waals surface area contributed by atoms with Crippen molar-refractivity contribution >= 4 is 0 Å². The first-order chi connectivity index (χ1) is 8.85. The minimum Gasteiger partial charge on any atom is -0.389 e. The molecule has 0 saturated heterocycles. The van der Waals surface area contributed by atoms with Crippen LogP contribution < -0.4 is 0 Å². The van der Waals surface area contributed by atoms with Crippen LogP contribution in [-0.2, 0) is 9.47 Å². The van der Waals surface area contributed by atoms with Gasteiger partial charge in [0.2, 0.25) is 0 Å². The van der Waals surface area contributed by atoms with Gasteiger partial charge < -0.3 is 19.7 Å². The molecule has 2 N–H and O–H groups in total. The smallest absolute Gasteiger partial charge is 0.0900 e. The molecule has 0 spiro atoms. The van der Waals surface area contributed by atoms with E-state index in [-0.39, 0.29) is 12.2 Å². The third-order valence-corrected chi connectivity index (χ3v) is 2.63. The van der Waals surface area contributed by atoms with Crippen LogP contribution in [0.15, 0.2) is 0 Å². The molecule has 19 heavy (non-hydrogen) atoms. The zero-order valence-electron chi connectivity index (χ0n) is 13.0. The zero-order chi connectivity index (χ0) is 14.8. The van der Waals surface area contributed by atoms with Gasteiger partial charge in [-0.25, -0.2) is 0 Å². The first kappa shape index (κ1) is 18.8. The molecule has 0 fully saturated rings. The summed E-state index contributed by atoms with van der Waals surface area (Å²) in [6.07, 6.45) is -0.814. The molecule has 0 aromatic carbocycles. The third kappa shape index (κ3) is 11.3. The molecule has 0 aromatic rings. The molecule has 0 heterocycles. The van der Waals surface area contributed by atoms with Crippen LogP contribution in [0.5, 0.6) is 0 Å². The van der Waals surface area contributed by atoms with Gasteiger partial charge in [-0.15, -0.1) is 0 Å². The maximum Gasteiger partial charge on any atom is 0.0900 e. The fourth-order valence-corrected chi connectivity index (χ4v) is 1.64. The summed E-state index contributed by atoms with van der Waals surface area (Å²) < 4.78 is 10.7. The number of rotatable bonds is 11. The Morgan fingerprint density at radius 3 is 1.47 bits per heavy atom. The Morgan fingerprint density at radius 2 is 1.21 bits per heavy atom. The average molecular weight is 277 g/mol. The molecule has 2 atom stereocenters. The molecule has 2 unspecified atom stereocenters. The van der Waals surface area contributed by atoms with Crippen molar-refractivity contribution in [2.75, 3.05) is 32.8 Å². The summed E-state index contributed by atoms with van der Waals surface area (Å²) in [5.74, 6) is 0. The Labute approximate surface area is 117 Å². The van der Waals surface area contributed by atoms with Gasteiger partial charge in [0.05, 0.1) is 37.6 Å². The molecule has 0 aliphatic carbocycles. The SMILES string of the molecule is CCN(CC(O)COC(C)C)CC(O)COC(C)C. The van der Waals surface area contributed by atoms with Crippen LogP contribution in [0.1, 0.15) is 34.6 Å². The van der Waals surface area contributed by atoms with Crippen LogP contribution in [0.4, 0.5) is 0 Å². The highest BCUT2D eigenvalue weighted by molar-refractivity contribution is 4.68. The average Bonchev–Trinajstić information content (AvgIpc) is 2.33. The highest BCUT2D eigenvalue weighted by Crippen LogP contribution is 2.00. The van der Waals surface area contributed by atoms with Gasteiger partial charge in [0, 0.05) is 13.1 Å². The molecule has 5 nitrogen and oxygen atoms in total. The molecular weight excluding hydrogens is 246 g/mol. The third-order valence-electron chi connectivity index (χ3n) is 2.63. The highest BCUT2D eigenvalue weighted by atomic mass is 16.5. The van der Waals surface area contributed by atoms with Gasteiger partial charge in [-0.05, 0) is 34.2 Å². The Balaban J connectivity index is 3.92. The van der Waals surface area contributed by atoms with Gasteiger partial charge in [-0.3, -0.25) is 4.90 Å². The number of hydrogen-bond acceptors (Lipinski definition) is 5. The fraction of sp³-hybridized carbons (Fsp3) is 1.00. The molecule has 0 saturated carbocycles. The second kappa shape index (κ2) is 10.6. The van der Waals surface area contributed by atoms with Crippen LogP contribution in [0.25, 0.3) is 0 Å². The summed E-state index contributed by atoms with van der Waals surface area (Å²) in [5.41, 5.74) is 0. The second-order valence-corrected chi connectivity index (χ2v) is 5.42. The van der Waals surface area contributed by atoms with Crippen molar-refractivity contribution in [2.24, 2.45) is 0 Å². The molecule has 0 aromatic heterocycles. The molecule has 0 bridgehead atoms. The van der Waals surface area contributed by atoms with E-state index in [9.17, 15) is 10.2 Å². The molecule has 0 rings (SSSR count). The molecule has 116 valence electrons. The standard InChI is InChI=1S/C14H31NO4/c1-6-15(7-13(16)9-18-11(2)3)8-14(17)10-19-12(4)5/h11-14,16-17H,6-10H2,1-5H3. The van der Waals surface area contributed by atoms with E-state index < -0.39 is 12.2 Å². The van der Waals surface area contributed by atoms with E-state index in [0.717, 1.165) is 6.54 Å². The van der Waals surface area contributed by atoms with Crippen molar-refractivity contribution in [3.63, 3.8) is 0 Å². The lowest BCUT2D eigenvalue weighted by atomic mass is 10.3. The van der Waals surface area contributed by atoms with Gasteiger partial charge in [0.15, 0.2) is 0 Å². The summed E-state index contributed by atoms with van der Waals surface area (Å²) >= 11 is 0. The number of ether oxygens (including phenoxy) is 2. The van der Waals surface area contributed by atoms with Crippen LogP contribution in [0, 0.1) is 0 Å². The minimum atomic E-state index is -0.527. The van der Waals surface area contributed by atoms with Gasteiger partial charge >= 0.3 is 0 Å². The lowest BCUT2D eigenvalue weighted by molar-refractivity contribution is -0.0294. The second-order valence-electron chi connectivity index (χ2n) is 5.42. The minimum absolute atomic E-state index is 0.120. The van der Waals surface area contributed by atoms with Crippen LogP contribution in [0.2, 0.25) is 0 Å². The zero-order valence-corrected chi connectivity index (χ0v) is 13.0. The van der Waals surface area contributed by atoms with E-state index in [1.54, 1.807) is 0 Å². The topological polar surface area (TPSA) is 62.2 Å². The monoisotopic (exact) mass is 277 g/mol. The predicted octanol–water partition coefficient (Wildman–Crippen LogP) is 0.880. The first-order valence-corrected chi connectivity index (χ1v) is 7.16. The van der Waals surface area contributed by atoms with Gasteiger partial charge in [-0.1, -0.05) is 6.92 Å². The summed E-state index contributed by atoms with van der Waals surface area (Å²) in [6, 6.07) is 0. The molecule has 0 aliphatic rings. The van der Waals surface area contributed by atoms with Crippen molar-refractivity contribution in [3.8, 4) is 0 Å². The van der Waals surface area contributed by atoms with Crippen molar-refractivity contribution < 1.29 is 19.7 Å². The van der Waals surface area contributed by atoms with Crippen LogP contribution in [-0.4, -0.2) is 72.4 Å². The summed E-state index contributed by atoms with van der Waals surface area (Å²) in [6.45, 7) is 12.2. The van der Waals surface area contributed by atoms with Gasteiger partial charge in [-0.2, -0.15) is 0 Å². The summed E-state index contributed by atoms with van der Waals surface area (Å²) in [4.78, 5) is 2.00. The molecule has 0 amide bonds. The maximum atomic E-state index is 9.85. The molecule has 0 radical (unpaired) electrons. The lowest BCUT2D eigenvalue weighted by Crippen LogP contribution is -2.41. The number of aliphatic hydroxyl groups excluding tert-OH is 2. The van der Waals surface area contributed by atoms with Crippen molar-refractivity contribution in [3.05, 3.63) is 0 Å². The Bertz CT molecular complexity index is 192. The van der Waals surface area contributed by atoms with Crippen molar-refractivity contribution in [1.82, 2.24) is 4.90 Å². The largest absolute Gasteiger partial charge is 0.389 e. The summed E-state index contributed by atoms with van der Waals surface area (Å²) in [7, 11) is 0. The highest BCUT2D eigenvalue weighted by Gasteiger charge is 2.15. The number of aliphatic hydroxyl groups is 2. The fourth-order valence-electron chi connectivity index (χ4n) is 1.64. The van der Waals surface area contributed by atoms with E-state index in [0.29, 0.717) is 26.3 Å². The maximum absolute atomic E-state index is 9.85. The first-order valence-electron chi connectivity index (χ1n) is 7.16. The Kier molecular flexibility index (Phi) is 10.5. The van der Waals surface area contributed by atoms with Gasteiger partial charge in [0.1, 0.15) is 0 Å². The van der Waals surface area contributed by atoms with Crippen molar-refractivity contribution in [1.29, 1.82) is 0 Å². The predicted molar refractivity (Wildman–Crippen MR) is 76.3 cm³/mol. The van der Waals surface area contributed by atoms with Gasteiger partial charge in [0.25, 0.3) is 0 Å². The van der Waals surface area contributed by atoms with Crippen LogP contribution in [0.3, 0.4) is 0 Å². The Morgan fingerprint density at radius 1 is 0.842 bits per heavy atom. The number of nitrogens with zero attached hydrogens (tertiary/aromatic N) is 1. The van der Waals surface area contributed by atoms with E-state index in [1.807, 2.05) is 39.5 Å². The number of likely N-dealkylation sites (N-methyl/N-ethyl adjacent to an activating group) is 1. The molecular formula is C14H31NO4. The quantitative estimate of drug-likeness (QED) is 0.587. The van der Waals surface area contributed by atoms with E-state index >= 15 is 0 Å². The molecule has 5 heteroatoms.